The van der Waals surface area contributed by atoms with Crippen LogP contribution in [0.1, 0.15) is 61.1 Å². The first kappa shape index (κ1) is 36.4. The van der Waals surface area contributed by atoms with Gasteiger partial charge in [0, 0.05) is 71.3 Å². The second-order valence-electron chi connectivity index (χ2n) is 13.7. The Morgan fingerprint density at radius 3 is 1.96 bits per heavy atom. The zero-order valence-corrected chi connectivity index (χ0v) is 30.4. The van der Waals surface area contributed by atoms with Gasteiger partial charge in [-0.05, 0) is 68.8 Å². The number of halogens is 2. The van der Waals surface area contributed by atoms with Gasteiger partial charge in [-0.3, -0.25) is 9.69 Å². The fourth-order valence-corrected chi connectivity index (χ4v) is 9.03. The number of esters is 2. The van der Waals surface area contributed by atoms with Crippen LogP contribution in [0.2, 0.25) is 10.0 Å². The van der Waals surface area contributed by atoms with Crippen LogP contribution in [0.4, 0.5) is 0 Å². The molecule has 6 rings (SSSR count). The number of nitrogens with one attached hydrogen (secondary N) is 1. The maximum absolute atomic E-state index is 14.1. The van der Waals surface area contributed by atoms with Crippen molar-refractivity contribution in [1.82, 2.24) is 20.0 Å². The monoisotopic (exact) mass is 724 g/mol. The van der Waals surface area contributed by atoms with Crippen LogP contribution in [-0.2, 0) is 36.9 Å². The maximum Gasteiger partial charge on any atom is 0.336 e. The predicted molar refractivity (Wildman–Crippen MR) is 191 cm³/mol. The van der Waals surface area contributed by atoms with E-state index in [0.29, 0.717) is 61.0 Å². The lowest BCUT2D eigenvalue weighted by Crippen LogP contribution is -2.56. The predicted octanol–water partition coefficient (Wildman–Crippen LogP) is 4.82. The molecule has 0 aliphatic carbocycles. The molecule has 1 amide bonds. The standard InChI is InChI=1S/C38H46Cl2N4O6/c1-42-25-12-13-26(42)20-27(19-25)43-15-17-44(18-16-43)32(46)21-31-35(38(48)50-3)36(33-28(39)9-6-10-29(33)40)34(37(47)49-2)30(41-31)14-11-23-7-4-5-8-24(23)22-45/h4-10,25-27,36,41,45H,11-22H2,1-3H3. The van der Waals surface area contributed by atoms with E-state index in [1.54, 1.807) is 18.2 Å². The molecule has 4 aliphatic heterocycles. The molecule has 2 aromatic rings. The third kappa shape index (κ3) is 7.32. The molecule has 0 spiro atoms. The molecule has 0 saturated carbocycles. The fourth-order valence-electron chi connectivity index (χ4n) is 8.42. The molecular weight excluding hydrogens is 679 g/mol. The number of methoxy groups -OCH3 is 2. The van der Waals surface area contributed by atoms with Gasteiger partial charge in [0.2, 0.25) is 5.91 Å². The molecule has 3 unspecified atom stereocenters. The van der Waals surface area contributed by atoms with Gasteiger partial charge in [0.1, 0.15) is 0 Å². The van der Waals surface area contributed by atoms with E-state index in [1.165, 1.54) is 39.9 Å². The molecule has 2 aromatic carbocycles. The van der Waals surface area contributed by atoms with E-state index in [-0.39, 0.29) is 40.1 Å². The van der Waals surface area contributed by atoms with Gasteiger partial charge in [0.25, 0.3) is 0 Å². The Hall–Kier alpha value is -3.41. The molecule has 3 atom stereocenters. The van der Waals surface area contributed by atoms with Crippen molar-refractivity contribution in [3.8, 4) is 0 Å². The molecule has 4 aliphatic rings. The Labute approximate surface area is 304 Å². The third-order valence-electron chi connectivity index (χ3n) is 11.1. The summed E-state index contributed by atoms with van der Waals surface area (Å²) in [7, 11) is 4.78. The number of fused-ring (bicyclic) bond motifs is 2. The lowest BCUT2D eigenvalue weighted by atomic mass is 9.78. The number of piperazine rings is 1. The van der Waals surface area contributed by atoms with Gasteiger partial charge in [-0.15, -0.1) is 0 Å². The summed E-state index contributed by atoms with van der Waals surface area (Å²) in [6.07, 6.45) is 5.53. The van der Waals surface area contributed by atoms with Crippen LogP contribution in [0.5, 0.6) is 0 Å². The summed E-state index contributed by atoms with van der Waals surface area (Å²) in [5.74, 6) is -2.59. The van der Waals surface area contributed by atoms with Crippen molar-refractivity contribution in [2.24, 2.45) is 0 Å². The van der Waals surface area contributed by atoms with Crippen molar-refractivity contribution in [2.45, 2.75) is 75.6 Å². The number of carbonyl (C=O) groups excluding carboxylic acids is 3. The van der Waals surface area contributed by atoms with Gasteiger partial charge >= 0.3 is 11.9 Å². The minimum atomic E-state index is -1.07. The number of ether oxygens (including phenoxy) is 2. The topological polar surface area (TPSA) is 112 Å². The van der Waals surface area contributed by atoms with E-state index in [2.05, 4.69) is 22.2 Å². The summed E-state index contributed by atoms with van der Waals surface area (Å²) in [6, 6.07) is 14.3. The van der Waals surface area contributed by atoms with Crippen LogP contribution in [0.15, 0.2) is 65.0 Å². The van der Waals surface area contributed by atoms with Crippen LogP contribution < -0.4 is 5.32 Å². The van der Waals surface area contributed by atoms with E-state index >= 15 is 0 Å². The van der Waals surface area contributed by atoms with E-state index in [1.807, 2.05) is 29.2 Å². The smallest absolute Gasteiger partial charge is 0.336 e. The summed E-state index contributed by atoms with van der Waals surface area (Å²) in [5, 5.41) is 13.8. The summed E-state index contributed by atoms with van der Waals surface area (Å²) >= 11 is 13.5. The Balaban J connectivity index is 1.31. The average Bonchev–Trinajstić information content (AvgIpc) is 3.31. The summed E-state index contributed by atoms with van der Waals surface area (Å²) < 4.78 is 10.6. The second kappa shape index (κ2) is 15.9. The highest BCUT2D eigenvalue weighted by molar-refractivity contribution is 6.36. The minimum Gasteiger partial charge on any atom is -0.466 e. The van der Waals surface area contributed by atoms with E-state index in [0.717, 1.165) is 24.2 Å². The van der Waals surface area contributed by atoms with Gasteiger partial charge < -0.3 is 29.7 Å². The van der Waals surface area contributed by atoms with Crippen LogP contribution in [0.25, 0.3) is 0 Å². The third-order valence-corrected chi connectivity index (χ3v) is 11.8. The zero-order chi connectivity index (χ0) is 35.5. The minimum absolute atomic E-state index is 0.0798. The summed E-state index contributed by atoms with van der Waals surface area (Å²) in [6.45, 7) is 2.65. The Bertz CT molecular complexity index is 1650. The summed E-state index contributed by atoms with van der Waals surface area (Å²) in [5.41, 5.74) is 3.05. The molecule has 0 aromatic heterocycles. The first-order valence-corrected chi connectivity index (χ1v) is 18.2. The number of allylic oxidation sites excluding steroid dienone is 1. The molecule has 268 valence electrons. The van der Waals surface area contributed by atoms with Crippen molar-refractivity contribution in [3.63, 3.8) is 0 Å². The largest absolute Gasteiger partial charge is 0.466 e. The number of nitrogens with zero attached hydrogens (tertiary/aromatic N) is 3. The quantitative estimate of drug-likeness (QED) is 0.334. The first-order chi connectivity index (χ1) is 24.1. The molecule has 50 heavy (non-hydrogen) atoms. The fraction of sp³-hybridized carbons (Fsp3) is 0.500. The number of carbonyl (C=O) groups is 3. The SMILES string of the molecule is COC(=O)C1=C(CCc2ccccc2CO)NC(CC(=O)N2CCN(C3CC4CCC(C3)N4C)CC2)=C(C(=O)OC)C1c1c(Cl)cccc1Cl. The number of dihydropyridines is 1. The molecule has 0 radical (unpaired) electrons. The van der Waals surface area contributed by atoms with Gasteiger partial charge in [-0.1, -0.05) is 53.5 Å². The highest BCUT2D eigenvalue weighted by Crippen LogP contribution is 2.46. The molecule has 3 fully saturated rings. The van der Waals surface area contributed by atoms with Gasteiger partial charge in [-0.25, -0.2) is 9.59 Å². The van der Waals surface area contributed by atoms with Gasteiger partial charge in [0.05, 0.1) is 44.3 Å². The number of hydrogen-bond donors (Lipinski definition) is 2. The Morgan fingerprint density at radius 1 is 0.800 bits per heavy atom. The van der Waals surface area contributed by atoms with Gasteiger partial charge in [0.15, 0.2) is 0 Å². The van der Waals surface area contributed by atoms with E-state index < -0.39 is 17.9 Å². The van der Waals surface area contributed by atoms with Crippen LogP contribution in [0.3, 0.4) is 0 Å². The van der Waals surface area contributed by atoms with Crippen LogP contribution >= 0.6 is 23.2 Å². The number of rotatable bonds is 10. The lowest BCUT2D eigenvalue weighted by molar-refractivity contribution is -0.137. The van der Waals surface area contributed by atoms with Crippen molar-refractivity contribution in [1.29, 1.82) is 0 Å². The molecular formula is C38H46Cl2N4O6. The molecule has 2 N–H and O–H groups in total. The zero-order valence-electron chi connectivity index (χ0n) is 28.9. The number of piperidine rings is 1. The molecule has 12 heteroatoms. The van der Waals surface area contributed by atoms with E-state index in [9.17, 15) is 19.5 Å². The number of aliphatic hydroxyl groups is 1. The van der Waals surface area contributed by atoms with Crippen molar-refractivity contribution < 1.29 is 29.0 Å². The average molecular weight is 726 g/mol. The lowest BCUT2D eigenvalue weighted by Gasteiger charge is -2.45. The van der Waals surface area contributed by atoms with E-state index in [4.69, 9.17) is 32.7 Å². The van der Waals surface area contributed by atoms with Crippen molar-refractivity contribution >= 4 is 41.0 Å². The highest BCUT2D eigenvalue weighted by Gasteiger charge is 2.43. The Kier molecular flexibility index (Phi) is 11.5. The number of amides is 1. The van der Waals surface area contributed by atoms with Gasteiger partial charge in [-0.2, -0.15) is 0 Å². The number of hydrogen-bond acceptors (Lipinski definition) is 9. The first-order valence-electron chi connectivity index (χ1n) is 17.4. The number of aliphatic hydroxyl groups excluding tert-OH is 1. The molecule has 2 bridgehead atoms. The normalized spacial score (nSPS) is 24.3. The van der Waals surface area contributed by atoms with Crippen LogP contribution in [-0.4, -0.2) is 103 Å². The van der Waals surface area contributed by atoms with Crippen LogP contribution in [0, 0.1) is 0 Å². The number of aryl methyl sites for hydroxylation is 1. The number of benzene rings is 2. The molecule has 4 heterocycles. The molecule has 10 nitrogen and oxygen atoms in total. The summed E-state index contributed by atoms with van der Waals surface area (Å²) in [4.78, 5) is 48.4. The van der Waals surface area contributed by atoms with Crippen molar-refractivity contribution in [3.05, 3.63) is 91.7 Å². The maximum atomic E-state index is 14.1. The highest BCUT2D eigenvalue weighted by atomic mass is 35.5. The second-order valence-corrected chi connectivity index (χ2v) is 14.5. The Morgan fingerprint density at radius 2 is 1.38 bits per heavy atom. The molecule has 3 saturated heterocycles. The van der Waals surface area contributed by atoms with Crippen molar-refractivity contribution in [2.75, 3.05) is 47.4 Å².